The van der Waals surface area contributed by atoms with Crippen molar-refractivity contribution < 1.29 is 14.3 Å². The molecule has 4 heteroatoms. The number of rotatable bonds is 12. The Morgan fingerprint density at radius 3 is 2.21 bits per heavy atom. The van der Waals surface area contributed by atoms with Crippen molar-refractivity contribution in [2.24, 2.45) is 0 Å². The highest BCUT2D eigenvalue weighted by molar-refractivity contribution is 6.21. The average Bonchev–Trinajstić information content (AvgIpc) is 2.84. The Kier molecular flexibility index (Phi) is 7.96. The van der Waals surface area contributed by atoms with Crippen molar-refractivity contribution in [1.82, 2.24) is 4.90 Å². The van der Waals surface area contributed by atoms with E-state index in [1.54, 1.807) is 24.3 Å². The second kappa shape index (κ2) is 10.2. The third-order valence-corrected chi connectivity index (χ3v) is 4.26. The monoisotopic (exact) mass is 330 g/mol. The summed E-state index contributed by atoms with van der Waals surface area (Å²) in [5.41, 5.74) is 1.05. The molecule has 0 atom stereocenters. The van der Waals surface area contributed by atoms with E-state index < -0.39 is 0 Å². The van der Waals surface area contributed by atoms with Gasteiger partial charge < -0.3 is 4.74 Å². The van der Waals surface area contributed by atoms with E-state index in [1.165, 1.54) is 24.2 Å². The van der Waals surface area contributed by atoms with E-state index in [0.29, 0.717) is 24.3 Å². The van der Waals surface area contributed by atoms with Crippen LogP contribution in [0.4, 0.5) is 0 Å². The lowest BCUT2D eigenvalue weighted by Gasteiger charge is -2.13. The van der Waals surface area contributed by atoms with Crippen LogP contribution in [0.15, 0.2) is 24.3 Å². The van der Waals surface area contributed by atoms with E-state index in [4.69, 9.17) is 4.74 Å². The molecule has 0 unspecified atom stereocenters. The summed E-state index contributed by atoms with van der Waals surface area (Å²) in [6, 6.07) is 7.02. The number of carbonyl (C=O) groups excluding carboxylic acids is 2. The predicted molar refractivity (Wildman–Crippen MR) is 94.9 cm³/mol. The van der Waals surface area contributed by atoms with Crippen LogP contribution in [0.1, 0.15) is 72.6 Å². The fourth-order valence-electron chi connectivity index (χ4n) is 2.84. The van der Waals surface area contributed by atoms with Gasteiger partial charge in [-0.15, -0.1) is 0 Å². The van der Waals surface area contributed by atoms with Crippen LogP contribution in [-0.4, -0.2) is 36.5 Å². The molecule has 4 nitrogen and oxygen atoms in total. The van der Waals surface area contributed by atoms with Gasteiger partial charge >= 0.3 is 0 Å². The molecule has 1 heterocycles. The average molecular weight is 330 g/mol. The lowest BCUT2D eigenvalue weighted by Crippen LogP contribution is -2.30. The van der Waals surface area contributed by atoms with Gasteiger partial charge in [0.2, 0.25) is 0 Å². The minimum absolute atomic E-state index is 0.167. The smallest absolute Gasteiger partial charge is 0.261 e. The van der Waals surface area contributed by atoms with Crippen LogP contribution >= 0.6 is 0 Å². The number of benzene rings is 1. The SMILES string of the molecule is CCCC[CH]CCCOCCCCN1C(=O)c2ccccc2C1=O. The van der Waals surface area contributed by atoms with Gasteiger partial charge in [0.25, 0.3) is 11.8 Å². The molecule has 24 heavy (non-hydrogen) atoms. The molecule has 1 aliphatic rings. The van der Waals surface area contributed by atoms with Crippen molar-refractivity contribution in [1.29, 1.82) is 0 Å². The van der Waals surface area contributed by atoms with Gasteiger partial charge in [-0.3, -0.25) is 14.5 Å². The van der Waals surface area contributed by atoms with Gasteiger partial charge in [0.1, 0.15) is 0 Å². The largest absolute Gasteiger partial charge is 0.381 e. The Morgan fingerprint density at radius 2 is 1.54 bits per heavy atom. The molecule has 1 aliphatic heterocycles. The zero-order chi connectivity index (χ0) is 17.2. The van der Waals surface area contributed by atoms with Gasteiger partial charge in [-0.05, 0) is 44.2 Å². The molecule has 1 aromatic carbocycles. The van der Waals surface area contributed by atoms with Crippen molar-refractivity contribution in [3.05, 3.63) is 41.8 Å². The van der Waals surface area contributed by atoms with Crippen molar-refractivity contribution >= 4 is 11.8 Å². The summed E-state index contributed by atoms with van der Waals surface area (Å²) in [7, 11) is 0. The zero-order valence-corrected chi connectivity index (χ0v) is 14.6. The molecule has 0 N–H and O–H groups in total. The quantitative estimate of drug-likeness (QED) is 0.425. The first-order valence-corrected chi connectivity index (χ1v) is 9.10. The highest BCUT2D eigenvalue weighted by atomic mass is 16.5. The molecule has 1 radical (unpaired) electrons. The molecule has 1 aromatic rings. The molecule has 0 fully saturated rings. The first kappa shape index (κ1) is 18.7. The van der Waals surface area contributed by atoms with Gasteiger partial charge in [-0.2, -0.15) is 0 Å². The molecule has 2 rings (SSSR count). The minimum Gasteiger partial charge on any atom is -0.381 e. The molecule has 0 spiro atoms. The number of nitrogens with zero attached hydrogens (tertiary/aromatic N) is 1. The molecular formula is C20H28NO3. The Morgan fingerprint density at radius 1 is 0.917 bits per heavy atom. The Labute approximate surface area is 145 Å². The lowest BCUT2D eigenvalue weighted by molar-refractivity contribution is 0.0643. The van der Waals surface area contributed by atoms with Crippen molar-refractivity contribution in [2.75, 3.05) is 19.8 Å². The number of ether oxygens (including phenoxy) is 1. The summed E-state index contributed by atoms with van der Waals surface area (Å²) >= 11 is 0. The second-order valence-corrected chi connectivity index (χ2v) is 6.20. The Bertz CT molecular complexity index is 506. The van der Waals surface area contributed by atoms with E-state index in [1.807, 2.05) is 0 Å². The molecule has 2 amide bonds. The Balaban J connectivity index is 1.53. The standard InChI is InChI=1S/C20H28NO3/c1-2-3-4-5-6-10-15-24-16-11-9-14-21-19(22)17-12-7-8-13-18(17)20(21)23/h5,7-8,12-13H,2-4,6,9-11,14-16H2,1H3. The minimum atomic E-state index is -0.167. The summed E-state index contributed by atoms with van der Waals surface area (Å²) in [4.78, 5) is 25.7. The van der Waals surface area contributed by atoms with Crippen molar-refractivity contribution in [3.63, 3.8) is 0 Å². The van der Waals surface area contributed by atoms with E-state index in [9.17, 15) is 9.59 Å². The van der Waals surface area contributed by atoms with Crippen LogP contribution in [0, 0.1) is 6.42 Å². The van der Waals surface area contributed by atoms with Crippen LogP contribution < -0.4 is 0 Å². The summed E-state index contributed by atoms with van der Waals surface area (Å²) in [5, 5.41) is 0. The first-order chi connectivity index (χ1) is 11.8. The van der Waals surface area contributed by atoms with Gasteiger partial charge in [-0.25, -0.2) is 0 Å². The lowest BCUT2D eigenvalue weighted by atomic mass is 10.1. The number of fused-ring (bicyclic) bond motifs is 1. The summed E-state index contributed by atoms with van der Waals surface area (Å²) in [6.45, 7) is 4.16. The number of imide groups is 1. The van der Waals surface area contributed by atoms with Crippen LogP contribution in [0.25, 0.3) is 0 Å². The molecule has 0 saturated heterocycles. The molecule has 0 aliphatic carbocycles. The number of unbranched alkanes of at least 4 members (excludes halogenated alkanes) is 6. The molecular weight excluding hydrogens is 302 g/mol. The van der Waals surface area contributed by atoms with E-state index in [2.05, 4.69) is 13.3 Å². The molecule has 0 aromatic heterocycles. The van der Waals surface area contributed by atoms with E-state index in [0.717, 1.165) is 32.3 Å². The van der Waals surface area contributed by atoms with Crippen LogP contribution in [0.3, 0.4) is 0 Å². The van der Waals surface area contributed by atoms with E-state index in [-0.39, 0.29) is 11.8 Å². The number of hydrogen-bond donors (Lipinski definition) is 0. The maximum absolute atomic E-state index is 12.2. The van der Waals surface area contributed by atoms with Gasteiger partial charge in [0, 0.05) is 19.8 Å². The second-order valence-electron chi connectivity index (χ2n) is 6.20. The van der Waals surface area contributed by atoms with E-state index >= 15 is 0 Å². The fourth-order valence-corrected chi connectivity index (χ4v) is 2.84. The summed E-state index contributed by atoms with van der Waals surface area (Å²) in [5.74, 6) is -0.335. The topological polar surface area (TPSA) is 46.6 Å². The summed E-state index contributed by atoms with van der Waals surface area (Å²) in [6.07, 6.45) is 9.92. The summed E-state index contributed by atoms with van der Waals surface area (Å²) < 4.78 is 5.61. The zero-order valence-electron chi connectivity index (χ0n) is 14.6. The maximum atomic E-state index is 12.2. The van der Waals surface area contributed by atoms with Crippen LogP contribution in [0.5, 0.6) is 0 Å². The molecule has 0 bridgehead atoms. The third-order valence-electron chi connectivity index (χ3n) is 4.26. The third kappa shape index (κ3) is 5.17. The van der Waals surface area contributed by atoms with Crippen molar-refractivity contribution in [3.8, 4) is 0 Å². The number of hydrogen-bond acceptors (Lipinski definition) is 3. The van der Waals surface area contributed by atoms with Crippen LogP contribution in [0.2, 0.25) is 0 Å². The maximum Gasteiger partial charge on any atom is 0.261 e. The molecule has 0 saturated carbocycles. The van der Waals surface area contributed by atoms with Gasteiger partial charge in [0.15, 0.2) is 0 Å². The predicted octanol–water partition coefficient (Wildman–Crippen LogP) is 4.25. The number of carbonyl (C=O) groups is 2. The van der Waals surface area contributed by atoms with Crippen molar-refractivity contribution in [2.45, 2.75) is 51.9 Å². The Hall–Kier alpha value is -1.68. The van der Waals surface area contributed by atoms with Gasteiger partial charge in [-0.1, -0.05) is 38.3 Å². The highest BCUT2D eigenvalue weighted by Crippen LogP contribution is 2.22. The first-order valence-electron chi connectivity index (χ1n) is 9.10. The highest BCUT2D eigenvalue weighted by Gasteiger charge is 2.34. The van der Waals surface area contributed by atoms with Gasteiger partial charge in [0.05, 0.1) is 11.1 Å². The normalized spacial score (nSPS) is 13.6. The molecule has 131 valence electrons. The number of amides is 2. The fraction of sp³-hybridized carbons (Fsp3) is 0.550. The van der Waals surface area contributed by atoms with Crippen LogP contribution in [-0.2, 0) is 4.74 Å².